The van der Waals surface area contributed by atoms with Gasteiger partial charge in [-0.3, -0.25) is 4.90 Å². The Morgan fingerprint density at radius 3 is 2.20 bits per heavy atom. The number of nitrogens with one attached hydrogen (secondary N) is 1. The first-order chi connectivity index (χ1) is 9.16. The molecule has 2 unspecified atom stereocenters. The summed E-state index contributed by atoms with van der Waals surface area (Å²) < 4.78 is 5.17. The number of rotatable bonds is 5. The van der Waals surface area contributed by atoms with Crippen molar-refractivity contribution in [1.82, 2.24) is 10.2 Å². The van der Waals surface area contributed by atoms with E-state index in [-0.39, 0.29) is 0 Å². The number of ether oxygens (including phenoxy) is 1. The van der Waals surface area contributed by atoms with Crippen LogP contribution in [0.25, 0.3) is 0 Å². The molecule has 3 heteroatoms. The van der Waals surface area contributed by atoms with E-state index in [0.717, 1.165) is 19.6 Å². The first-order valence-electron chi connectivity index (χ1n) is 8.12. The zero-order valence-corrected chi connectivity index (χ0v) is 14.8. The van der Waals surface area contributed by atoms with E-state index in [2.05, 4.69) is 51.8 Å². The van der Waals surface area contributed by atoms with E-state index >= 15 is 0 Å². The first kappa shape index (κ1) is 17.9. The summed E-state index contributed by atoms with van der Waals surface area (Å²) in [6, 6.07) is 1.21. The Kier molecular flexibility index (Phi) is 6.49. The average molecular weight is 284 g/mol. The van der Waals surface area contributed by atoms with Crippen LogP contribution in [0.5, 0.6) is 0 Å². The molecule has 0 bridgehead atoms. The van der Waals surface area contributed by atoms with Crippen molar-refractivity contribution in [2.24, 2.45) is 10.8 Å². The Balaban J connectivity index is 2.63. The van der Waals surface area contributed by atoms with Gasteiger partial charge in [-0.25, -0.2) is 0 Å². The largest absolute Gasteiger partial charge is 0.385 e. The second-order valence-corrected chi connectivity index (χ2v) is 8.40. The molecule has 0 aromatic carbocycles. The van der Waals surface area contributed by atoms with Crippen molar-refractivity contribution in [2.75, 3.05) is 33.4 Å². The van der Waals surface area contributed by atoms with E-state index in [1.807, 2.05) is 0 Å². The molecule has 1 saturated heterocycles. The van der Waals surface area contributed by atoms with Crippen LogP contribution < -0.4 is 5.32 Å². The Morgan fingerprint density at radius 2 is 1.70 bits per heavy atom. The van der Waals surface area contributed by atoms with Gasteiger partial charge in [0, 0.05) is 38.9 Å². The zero-order chi connectivity index (χ0) is 15.4. The van der Waals surface area contributed by atoms with Gasteiger partial charge in [0.25, 0.3) is 0 Å². The summed E-state index contributed by atoms with van der Waals surface area (Å²) >= 11 is 0. The molecule has 1 heterocycles. The topological polar surface area (TPSA) is 24.5 Å². The maximum absolute atomic E-state index is 5.17. The summed E-state index contributed by atoms with van der Waals surface area (Å²) in [6.45, 7) is 18.4. The summed E-state index contributed by atoms with van der Waals surface area (Å²) in [6.07, 6.45) is 2.40. The lowest BCUT2D eigenvalue weighted by Crippen LogP contribution is -2.63. The van der Waals surface area contributed by atoms with Crippen LogP contribution in [0.2, 0.25) is 0 Å². The minimum atomic E-state index is 0.327. The van der Waals surface area contributed by atoms with Crippen molar-refractivity contribution < 1.29 is 4.74 Å². The molecular weight excluding hydrogens is 248 g/mol. The van der Waals surface area contributed by atoms with Crippen LogP contribution in [0.3, 0.4) is 0 Å². The van der Waals surface area contributed by atoms with Crippen molar-refractivity contribution in [3.05, 3.63) is 0 Å². The van der Waals surface area contributed by atoms with Gasteiger partial charge in [-0.2, -0.15) is 0 Å². The predicted molar refractivity (Wildman–Crippen MR) is 87.2 cm³/mol. The summed E-state index contributed by atoms with van der Waals surface area (Å²) in [4.78, 5) is 2.71. The van der Waals surface area contributed by atoms with E-state index in [1.165, 1.54) is 19.5 Å². The van der Waals surface area contributed by atoms with Gasteiger partial charge in [0.05, 0.1) is 0 Å². The molecule has 0 saturated carbocycles. The third-order valence-corrected chi connectivity index (χ3v) is 4.50. The lowest BCUT2D eigenvalue weighted by molar-refractivity contribution is 0.0282. The molecule has 1 N–H and O–H groups in total. The number of methoxy groups -OCH3 is 1. The second-order valence-electron chi connectivity index (χ2n) is 8.40. The van der Waals surface area contributed by atoms with Crippen molar-refractivity contribution in [2.45, 2.75) is 66.5 Å². The molecule has 1 fully saturated rings. The smallest absolute Gasteiger partial charge is 0.0462 e. The van der Waals surface area contributed by atoms with Crippen LogP contribution in [-0.2, 0) is 4.74 Å². The normalized spacial score (nSPS) is 25.9. The molecule has 3 nitrogen and oxygen atoms in total. The molecule has 1 aliphatic heterocycles. The van der Waals surface area contributed by atoms with Gasteiger partial charge in [0.1, 0.15) is 0 Å². The summed E-state index contributed by atoms with van der Waals surface area (Å²) in [5.74, 6) is 0. The fourth-order valence-electron chi connectivity index (χ4n) is 3.05. The van der Waals surface area contributed by atoms with Crippen LogP contribution in [0.1, 0.15) is 54.4 Å². The fraction of sp³-hybridized carbons (Fsp3) is 1.00. The van der Waals surface area contributed by atoms with E-state index in [9.17, 15) is 0 Å². The van der Waals surface area contributed by atoms with Crippen molar-refractivity contribution in [1.29, 1.82) is 0 Å². The first-order valence-corrected chi connectivity index (χ1v) is 8.12. The van der Waals surface area contributed by atoms with Gasteiger partial charge in [-0.15, -0.1) is 0 Å². The maximum Gasteiger partial charge on any atom is 0.0462 e. The van der Waals surface area contributed by atoms with Crippen LogP contribution in [0.15, 0.2) is 0 Å². The van der Waals surface area contributed by atoms with Crippen LogP contribution in [-0.4, -0.2) is 50.3 Å². The van der Waals surface area contributed by atoms with Gasteiger partial charge < -0.3 is 10.1 Å². The van der Waals surface area contributed by atoms with E-state index in [4.69, 9.17) is 4.74 Å². The third-order valence-electron chi connectivity index (χ3n) is 4.50. The minimum absolute atomic E-state index is 0.327. The number of nitrogens with zero attached hydrogens (tertiary/aromatic N) is 1. The Morgan fingerprint density at radius 1 is 1.05 bits per heavy atom. The molecule has 2 atom stereocenters. The SMILES string of the molecule is COCCCCN1CC(C(C)(C)C)NCC1C(C)(C)C. The molecule has 20 heavy (non-hydrogen) atoms. The molecule has 0 aromatic heterocycles. The molecule has 1 aliphatic rings. The molecule has 1 rings (SSSR count). The average Bonchev–Trinajstić information content (AvgIpc) is 2.32. The molecule has 0 amide bonds. The van der Waals surface area contributed by atoms with Gasteiger partial charge >= 0.3 is 0 Å². The van der Waals surface area contributed by atoms with Gasteiger partial charge in [0.2, 0.25) is 0 Å². The highest BCUT2D eigenvalue weighted by molar-refractivity contribution is 4.95. The number of piperazine rings is 1. The highest BCUT2D eigenvalue weighted by atomic mass is 16.5. The van der Waals surface area contributed by atoms with Gasteiger partial charge in [0.15, 0.2) is 0 Å². The Labute approximate surface area is 126 Å². The standard InChI is InChI=1S/C17H36N2O/c1-16(2,3)14-13-19(10-8-9-11-20-7)15(12-18-14)17(4,5)6/h14-15,18H,8-13H2,1-7H3. The molecular formula is C17H36N2O. The molecule has 0 radical (unpaired) electrons. The second kappa shape index (κ2) is 7.24. The highest BCUT2D eigenvalue weighted by Gasteiger charge is 2.38. The third kappa shape index (κ3) is 5.34. The molecule has 0 aromatic rings. The van der Waals surface area contributed by atoms with Crippen molar-refractivity contribution in [3.8, 4) is 0 Å². The summed E-state index contributed by atoms with van der Waals surface area (Å²) in [5.41, 5.74) is 0.657. The predicted octanol–water partition coefficient (Wildman–Crippen LogP) is 3.15. The molecule has 120 valence electrons. The van der Waals surface area contributed by atoms with Crippen molar-refractivity contribution in [3.63, 3.8) is 0 Å². The lowest BCUT2D eigenvalue weighted by Gasteiger charge is -2.49. The lowest BCUT2D eigenvalue weighted by atomic mass is 9.79. The Hall–Kier alpha value is -0.120. The fourth-order valence-corrected chi connectivity index (χ4v) is 3.05. The monoisotopic (exact) mass is 284 g/mol. The highest BCUT2D eigenvalue weighted by Crippen LogP contribution is 2.30. The van der Waals surface area contributed by atoms with Crippen LogP contribution in [0.4, 0.5) is 0 Å². The van der Waals surface area contributed by atoms with Crippen molar-refractivity contribution >= 4 is 0 Å². The quantitative estimate of drug-likeness (QED) is 0.785. The summed E-state index contributed by atoms with van der Waals surface area (Å²) in [5, 5.41) is 3.78. The Bertz CT molecular complexity index is 278. The van der Waals surface area contributed by atoms with Crippen LogP contribution in [0, 0.1) is 10.8 Å². The molecule has 0 aliphatic carbocycles. The van der Waals surface area contributed by atoms with Gasteiger partial charge in [-0.05, 0) is 30.2 Å². The number of unbranched alkanes of at least 4 members (excludes halogenated alkanes) is 1. The summed E-state index contributed by atoms with van der Waals surface area (Å²) in [7, 11) is 1.79. The van der Waals surface area contributed by atoms with Gasteiger partial charge in [-0.1, -0.05) is 41.5 Å². The molecule has 0 spiro atoms. The van der Waals surface area contributed by atoms with E-state index < -0.39 is 0 Å². The number of hydrogen-bond acceptors (Lipinski definition) is 3. The number of hydrogen-bond donors (Lipinski definition) is 1. The maximum atomic E-state index is 5.17. The zero-order valence-electron chi connectivity index (χ0n) is 14.8. The minimum Gasteiger partial charge on any atom is -0.385 e. The van der Waals surface area contributed by atoms with E-state index in [1.54, 1.807) is 7.11 Å². The van der Waals surface area contributed by atoms with E-state index in [0.29, 0.717) is 22.9 Å². The van der Waals surface area contributed by atoms with Crippen LogP contribution >= 0.6 is 0 Å².